The van der Waals surface area contributed by atoms with Gasteiger partial charge in [0.05, 0.1) is 19.4 Å². The number of ether oxygens (including phenoxy) is 3. The molecule has 0 N–H and O–H groups in total. The van der Waals surface area contributed by atoms with Crippen LogP contribution in [0.5, 0.6) is 17.2 Å². The Morgan fingerprint density at radius 1 is 1.00 bits per heavy atom. The van der Waals surface area contributed by atoms with Crippen molar-refractivity contribution in [3.63, 3.8) is 0 Å². The third-order valence-corrected chi connectivity index (χ3v) is 6.39. The highest BCUT2D eigenvalue weighted by Gasteiger charge is 2.22. The van der Waals surface area contributed by atoms with E-state index in [1.165, 1.54) is 5.01 Å². The molecule has 192 valence electrons. The first-order valence-electron chi connectivity index (χ1n) is 12.5. The maximum absolute atomic E-state index is 13.1. The standard InChI is InChI=1S/C27H34N4O5/c1-3-35-26-19-22(8-11-25(26)34-2)24-5-4-12-31(28-24)27(33)21-6-9-23(10-7-21)36-18-17-29-13-15-30(20-32)16-14-29/h6-11,19-20H,3-5,12-18H2,1-2H3. The molecule has 4 rings (SSSR count). The van der Waals surface area contributed by atoms with Gasteiger partial charge in [-0.2, -0.15) is 5.10 Å². The number of carbonyl (C=O) groups excluding carboxylic acids is 2. The molecule has 36 heavy (non-hydrogen) atoms. The van der Waals surface area contributed by atoms with E-state index in [0.29, 0.717) is 36.8 Å². The van der Waals surface area contributed by atoms with Gasteiger partial charge in [0.2, 0.25) is 6.41 Å². The highest BCUT2D eigenvalue weighted by Crippen LogP contribution is 2.29. The van der Waals surface area contributed by atoms with Crippen LogP contribution in [0.4, 0.5) is 0 Å². The van der Waals surface area contributed by atoms with E-state index in [4.69, 9.17) is 14.2 Å². The fraction of sp³-hybridized carbons (Fsp3) is 0.444. The minimum absolute atomic E-state index is 0.134. The molecule has 0 unspecified atom stereocenters. The van der Waals surface area contributed by atoms with Gasteiger partial charge in [0.1, 0.15) is 12.4 Å². The summed E-state index contributed by atoms with van der Waals surface area (Å²) in [6.45, 7) is 7.63. The number of benzene rings is 2. The summed E-state index contributed by atoms with van der Waals surface area (Å²) in [6.07, 6.45) is 2.53. The Morgan fingerprint density at radius 3 is 2.47 bits per heavy atom. The molecule has 2 aromatic rings. The third kappa shape index (κ3) is 6.34. The normalized spacial score (nSPS) is 16.3. The number of piperazine rings is 1. The Labute approximate surface area is 212 Å². The zero-order chi connectivity index (χ0) is 25.3. The third-order valence-electron chi connectivity index (χ3n) is 6.39. The molecule has 9 nitrogen and oxygen atoms in total. The molecule has 9 heteroatoms. The lowest BCUT2D eigenvalue weighted by Crippen LogP contribution is -2.46. The molecule has 2 aliphatic rings. The molecule has 2 heterocycles. The van der Waals surface area contributed by atoms with Crippen LogP contribution in [0, 0.1) is 0 Å². The van der Waals surface area contributed by atoms with Gasteiger partial charge >= 0.3 is 0 Å². The minimum Gasteiger partial charge on any atom is -0.493 e. The Hall–Kier alpha value is -3.59. The van der Waals surface area contributed by atoms with Crippen LogP contribution in [0.3, 0.4) is 0 Å². The molecular weight excluding hydrogens is 460 g/mol. The molecule has 2 aromatic carbocycles. The van der Waals surface area contributed by atoms with Gasteiger partial charge < -0.3 is 19.1 Å². The van der Waals surface area contributed by atoms with Crippen molar-refractivity contribution in [2.24, 2.45) is 5.10 Å². The molecular formula is C27H34N4O5. The first-order chi connectivity index (χ1) is 17.6. The SMILES string of the molecule is CCOc1cc(C2=NN(C(=O)c3ccc(OCCN4CCN(C=O)CC4)cc3)CCC2)ccc1OC. The summed E-state index contributed by atoms with van der Waals surface area (Å²) in [5, 5.41) is 6.20. The molecule has 2 amide bonds. The highest BCUT2D eigenvalue weighted by atomic mass is 16.5. The van der Waals surface area contributed by atoms with Crippen LogP contribution < -0.4 is 14.2 Å². The summed E-state index contributed by atoms with van der Waals surface area (Å²) >= 11 is 0. The highest BCUT2D eigenvalue weighted by molar-refractivity contribution is 6.03. The van der Waals surface area contributed by atoms with Crippen LogP contribution in [0.1, 0.15) is 35.7 Å². The number of rotatable bonds is 10. The second-order valence-electron chi connectivity index (χ2n) is 8.73. The Kier molecular flexibility index (Phi) is 8.78. The number of hydrazone groups is 1. The van der Waals surface area contributed by atoms with E-state index >= 15 is 0 Å². The molecule has 1 fully saturated rings. The van der Waals surface area contributed by atoms with E-state index in [-0.39, 0.29) is 5.91 Å². The van der Waals surface area contributed by atoms with Gasteiger partial charge in [-0.1, -0.05) is 0 Å². The zero-order valence-corrected chi connectivity index (χ0v) is 21.0. The van der Waals surface area contributed by atoms with Gasteiger partial charge in [-0.05, 0) is 62.2 Å². The largest absolute Gasteiger partial charge is 0.493 e. The summed E-state index contributed by atoms with van der Waals surface area (Å²) < 4.78 is 16.9. The van der Waals surface area contributed by atoms with Crippen LogP contribution >= 0.6 is 0 Å². The Morgan fingerprint density at radius 2 is 1.78 bits per heavy atom. The molecule has 0 aliphatic carbocycles. The predicted molar refractivity (Wildman–Crippen MR) is 137 cm³/mol. The molecule has 2 aliphatic heterocycles. The van der Waals surface area contributed by atoms with Crippen molar-refractivity contribution < 1.29 is 23.8 Å². The van der Waals surface area contributed by atoms with Gasteiger partial charge in [0.15, 0.2) is 11.5 Å². The average Bonchev–Trinajstić information content (AvgIpc) is 2.93. The average molecular weight is 495 g/mol. The Bertz CT molecular complexity index is 1060. The van der Waals surface area contributed by atoms with Crippen molar-refractivity contribution in [1.29, 1.82) is 0 Å². The lowest BCUT2D eigenvalue weighted by Gasteiger charge is -2.32. The van der Waals surface area contributed by atoms with Gasteiger partial charge in [-0.3, -0.25) is 14.5 Å². The summed E-state index contributed by atoms with van der Waals surface area (Å²) in [5.41, 5.74) is 2.35. The number of nitrogens with zero attached hydrogens (tertiary/aromatic N) is 4. The lowest BCUT2D eigenvalue weighted by molar-refractivity contribution is -0.119. The van der Waals surface area contributed by atoms with Crippen molar-refractivity contribution in [3.8, 4) is 17.2 Å². The number of hydrogen-bond acceptors (Lipinski definition) is 7. The fourth-order valence-corrected chi connectivity index (χ4v) is 4.34. The second kappa shape index (κ2) is 12.4. The predicted octanol–water partition coefficient (Wildman–Crippen LogP) is 2.89. The second-order valence-corrected chi connectivity index (χ2v) is 8.73. The molecule has 0 radical (unpaired) electrons. The van der Waals surface area contributed by atoms with E-state index in [0.717, 1.165) is 69.0 Å². The first-order valence-corrected chi connectivity index (χ1v) is 12.5. The van der Waals surface area contributed by atoms with Crippen molar-refractivity contribution in [2.45, 2.75) is 19.8 Å². The van der Waals surface area contributed by atoms with Crippen LogP contribution in [0.2, 0.25) is 0 Å². The summed E-state index contributed by atoms with van der Waals surface area (Å²) in [6, 6.07) is 12.9. The molecule has 0 spiro atoms. The molecule has 0 aromatic heterocycles. The van der Waals surface area contributed by atoms with Gasteiger partial charge in [0.25, 0.3) is 5.91 Å². The topological polar surface area (TPSA) is 83.9 Å². The number of hydrogen-bond donors (Lipinski definition) is 0. The van der Waals surface area contributed by atoms with Crippen LogP contribution in [-0.2, 0) is 4.79 Å². The first kappa shape index (κ1) is 25.5. The zero-order valence-electron chi connectivity index (χ0n) is 21.0. The maximum atomic E-state index is 13.1. The fourth-order valence-electron chi connectivity index (χ4n) is 4.34. The lowest BCUT2D eigenvalue weighted by atomic mass is 10.0. The minimum atomic E-state index is -0.134. The van der Waals surface area contributed by atoms with Crippen molar-refractivity contribution in [2.75, 3.05) is 59.6 Å². The summed E-state index contributed by atoms with van der Waals surface area (Å²) in [4.78, 5) is 28.0. The van der Waals surface area contributed by atoms with Crippen LogP contribution in [-0.4, -0.2) is 92.4 Å². The molecule has 0 bridgehead atoms. The smallest absolute Gasteiger partial charge is 0.273 e. The van der Waals surface area contributed by atoms with E-state index < -0.39 is 0 Å². The molecule has 0 saturated carbocycles. The van der Waals surface area contributed by atoms with E-state index in [2.05, 4.69) is 10.0 Å². The number of methoxy groups -OCH3 is 1. The van der Waals surface area contributed by atoms with Crippen LogP contribution in [0.25, 0.3) is 0 Å². The number of amides is 2. The molecule has 0 atom stereocenters. The van der Waals surface area contributed by atoms with Crippen LogP contribution in [0.15, 0.2) is 47.6 Å². The van der Waals surface area contributed by atoms with E-state index in [1.807, 2.05) is 37.3 Å². The number of carbonyl (C=O) groups is 2. The van der Waals surface area contributed by atoms with Gasteiger partial charge in [-0.15, -0.1) is 0 Å². The van der Waals surface area contributed by atoms with E-state index in [9.17, 15) is 9.59 Å². The monoisotopic (exact) mass is 494 g/mol. The quantitative estimate of drug-likeness (QED) is 0.473. The van der Waals surface area contributed by atoms with Crippen molar-refractivity contribution in [3.05, 3.63) is 53.6 Å². The summed E-state index contributed by atoms with van der Waals surface area (Å²) in [7, 11) is 1.62. The Balaban J connectivity index is 1.34. The molecule has 1 saturated heterocycles. The van der Waals surface area contributed by atoms with E-state index in [1.54, 1.807) is 24.1 Å². The van der Waals surface area contributed by atoms with Gasteiger partial charge in [0, 0.05) is 50.4 Å². The van der Waals surface area contributed by atoms with Gasteiger partial charge in [-0.25, -0.2) is 5.01 Å². The summed E-state index contributed by atoms with van der Waals surface area (Å²) in [5.74, 6) is 1.93. The van der Waals surface area contributed by atoms with Crippen molar-refractivity contribution in [1.82, 2.24) is 14.8 Å². The maximum Gasteiger partial charge on any atom is 0.273 e. The van der Waals surface area contributed by atoms with Crippen molar-refractivity contribution >= 4 is 18.0 Å².